The van der Waals surface area contributed by atoms with Gasteiger partial charge in [0.25, 0.3) is 0 Å². The lowest BCUT2D eigenvalue weighted by Gasteiger charge is -2.11. The molecule has 2 N–H and O–H groups in total. The summed E-state index contributed by atoms with van der Waals surface area (Å²) in [6, 6.07) is 11.5. The highest BCUT2D eigenvalue weighted by Gasteiger charge is 2.13. The van der Waals surface area contributed by atoms with Gasteiger partial charge < -0.3 is 10.6 Å². The van der Waals surface area contributed by atoms with Gasteiger partial charge in [-0.2, -0.15) is 0 Å². The fourth-order valence-electron chi connectivity index (χ4n) is 1.78. The van der Waals surface area contributed by atoms with Crippen molar-refractivity contribution in [2.75, 3.05) is 17.7 Å². The van der Waals surface area contributed by atoms with Crippen molar-refractivity contribution in [3.8, 4) is 0 Å². The number of nitrogens with two attached hydrogens (primary N) is 1. The van der Waals surface area contributed by atoms with E-state index in [4.69, 9.17) is 17.3 Å². The zero-order valence-electron chi connectivity index (χ0n) is 10.8. The molecule has 0 fully saturated rings. The van der Waals surface area contributed by atoms with Gasteiger partial charge in [0, 0.05) is 29.5 Å². The molecule has 0 aliphatic heterocycles. The zero-order chi connectivity index (χ0) is 14.7. The van der Waals surface area contributed by atoms with Gasteiger partial charge in [0.1, 0.15) is 0 Å². The lowest BCUT2D eigenvalue weighted by Crippen LogP contribution is -2.13. The molecular weight excluding hydrogens is 276 g/mol. The smallest absolute Gasteiger partial charge is 0.213 e. The fourth-order valence-corrected chi connectivity index (χ4v) is 2.05. The van der Waals surface area contributed by atoms with Crippen LogP contribution in [0.5, 0.6) is 0 Å². The highest BCUT2D eigenvalue weighted by Crippen LogP contribution is 2.23. The Balaban J connectivity index is 2.31. The molecule has 2 aromatic rings. The normalized spacial score (nSPS) is 10.1. The monoisotopic (exact) mass is 288 g/mol. The van der Waals surface area contributed by atoms with Gasteiger partial charge >= 0.3 is 0 Å². The van der Waals surface area contributed by atoms with Gasteiger partial charge in [-0.25, -0.2) is 0 Å². The molecule has 2 aromatic carbocycles. The van der Waals surface area contributed by atoms with Crippen LogP contribution in [0, 0.1) is 0 Å². The molecule has 1 amide bonds. The van der Waals surface area contributed by atoms with E-state index in [9.17, 15) is 9.59 Å². The van der Waals surface area contributed by atoms with E-state index < -0.39 is 0 Å². The predicted molar refractivity (Wildman–Crippen MR) is 80.2 cm³/mol. The van der Waals surface area contributed by atoms with E-state index in [0.29, 0.717) is 33.9 Å². The molecule has 102 valence electrons. The first-order valence-corrected chi connectivity index (χ1v) is 6.28. The number of anilines is 2. The van der Waals surface area contributed by atoms with E-state index in [1.54, 1.807) is 49.5 Å². The quantitative estimate of drug-likeness (QED) is 0.534. The number of hydrogen-bond acceptors (Lipinski definition) is 3. The SMILES string of the molecule is CN(C=O)c1ccc(C(=O)c2ccc(N)cc2Cl)cc1. The number of ketones is 1. The summed E-state index contributed by atoms with van der Waals surface area (Å²) >= 11 is 6.02. The number of benzene rings is 2. The summed E-state index contributed by atoms with van der Waals surface area (Å²) < 4.78 is 0. The minimum atomic E-state index is -0.185. The van der Waals surface area contributed by atoms with Crippen molar-refractivity contribution >= 4 is 35.2 Å². The van der Waals surface area contributed by atoms with Crippen molar-refractivity contribution in [1.82, 2.24) is 0 Å². The Morgan fingerprint density at radius 3 is 2.40 bits per heavy atom. The largest absolute Gasteiger partial charge is 0.399 e. The minimum absolute atomic E-state index is 0.185. The summed E-state index contributed by atoms with van der Waals surface area (Å²) in [6.07, 6.45) is 0.702. The van der Waals surface area contributed by atoms with Gasteiger partial charge in [-0.05, 0) is 42.5 Å². The summed E-state index contributed by atoms with van der Waals surface area (Å²) in [6.45, 7) is 0. The van der Waals surface area contributed by atoms with Gasteiger partial charge in [-0.1, -0.05) is 11.6 Å². The average molecular weight is 289 g/mol. The van der Waals surface area contributed by atoms with E-state index >= 15 is 0 Å². The summed E-state index contributed by atoms with van der Waals surface area (Å²) in [5.74, 6) is -0.185. The van der Waals surface area contributed by atoms with Crippen LogP contribution in [0.25, 0.3) is 0 Å². The van der Waals surface area contributed by atoms with Crippen LogP contribution in [0.2, 0.25) is 5.02 Å². The van der Waals surface area contributed by atoms with Gasteiger partial charge in [0.15, 0.2) is 5.78 Å². The van der Waals surface area contributed by atoms with Crippen molar-refractivity contribution < 1.29 is 9.59 Å². The summed E-state index contributed by atoms with van der Waals surface area (Å²) in [7, 11) is 1.64. The van der Waals surface area contributed by atoms with Gasteiger partial charge in [-0.3, -0.25) is 9.59 Å². The predicted octanol–water partition coefficient (Wildman–Crippen LogP) is 2.75. The Hall–Kier alpha value is -2.33. The maximum absolute atomic E-state index is 12.3. The Morgan fingerprint density at radius 1 is 1.20 bits per heavy atom. The Morgan fingerprint density at radius 2 is 1.85 bits per heavy atom. The van der Waals surface area contributed by atoms with E-state index in [0.717, 1.165) is 0 Å². The maximum Gasteiger partial charge on any atom is 0.213 e. The third-order valence-electron chi connectivity index (χ3n) is 2.93. The van der Waals surface area contributed by atoms with Crippen molar-refractivity contribution in [2.45, 2.75) is 0 Å². The average Bonchev–Trinajstić information content (AvgIpc) is 2.46. The second-order valence-corrected chi connectivity index (χ2v) is 4.74. The molecule has 0 heterocycles. The Labute approximate surface area is 121 Å². The second kappa shape index (κ2) is 5.75. The van der Waals surface area contributed by atoms with Crippen molar-refractivity contribution in [3.63, 3.8) is 0 Å². The highest BCUT2D eigenvalue weighted by atomic mass is 35.5. The summed E-state index contributed by atoms with van der Waals surface area (Å²) in [5.41, 5.74) is 7.72. The zero-order valence-corrected chi connectivity index (χ0v) is 11.6. The Kier molecular flexibility index (Phi) is 4.05. The first-order chi connectivity index (χ1) is 9.52. The molecule has 0 unspecified atom stereocenters. The number of amides is 1. The first kappa shape index (κ1) is 14.1. The maximum atomic E-state index is 12.3. The molecule has 0 aliphatic carbocycles. The van der Waals surface area contributed by atoms with Crippen LogP contribution in [0.1, 0.15) is 15.9 Å². The molecule has 2 rings (SSSR count). The van der Waals surface area contributed by atoms with Crippen LogP contribution < -0.4 is 10.6 Å². The molecule has 0 saturated heterocycles. The van der Waals surface area contributed by atoms with Crippen LogP contribution in [0.3, 0.4) is 0 Å². The van der Waals surface area contributed by atoms with Crippen LogP contribution >= 0.6 is 11.6 Å². The lowest BCUT2D eigenvalue weighted by atomic mass is 10.0. The second-order valence-electron chi connectivity index (χ2n) is 4.33. The number of rotatable bonds is 4. The number of carbonyl (C=O) groups excluding carboxylic acids is 2. The van der Waals surface area contributed by atoms with Crippen LogP contribution in [-0.4, -0.2) is 19.2 Å². The lowest BCUT2D eigenvalue weighted by molar-refractivity contribution is -0.107. The third-order valence-corrected chi connectivity index (χ3v) is 3.25. The molecule has 0 atom stereocenters. The number of carbonyl (C=O) groups is 2. The number of nitrogens with zero attached hydrogens (tertiary/aromatic N) is 1. The van der Waals surface area contributed by atoms with Gasteiger partial charge in [0.05, 0.1) is 5.02 Å². The standard InChI is InChI=1S/C15H13ClN2O2/c1-18(9-19)12-5-2-10(3-6-12)15(20)13-7-4-11(17)8-14(13)16/h2-9H,17H2,1H3. The van der Waals surface area contributed by atoms with Gasteiger partial charge in [0.2, 0.25) is 6.41 Å². The van der Waals surface area contributed by atoms with E-state index in [-0.39, 0.29) is 5.78 Å². The molecule has 0 radical (unpaired) electrons. The van der Waals surface area contributed by atoms with E-state index in [1.165, 1.54) is 4.90 Å². The first-order valence-electron chi connectivity index (χ1n) is 5.91. The molecule has 20 heavy (non-hydrogen) atoms. The number of nitrogen functional groups attached to an aromatic ring is 1. The molecule has 0 spiro atoms. The van der Waals surface area contributed by atoms with Crippen LogP contribution in [-0.2, 0) is 4.79 Å². The fraction of sp³-hybridized carbons (Fsp3) is 0.0667. The number of hydrogen-bond donors (Lipinski definition) is 1. The Bertz CT molecular complexity index is 653. The molecule has 5 heteroatoms. The molecule has 0 saturated carbocycles. The van der Waals surface area contributed by atoms with Crippen molar-refractivity contribution in [2.24, 2.45) is 0 Å². The summed E-state index contributed by atoms with van der Waals surface area (Å²) in [5, 5.41) is 0.323. The van der Waals surface area contributed by atoms with Crippen LogP contribution in [0.4, 0.5) is 11.4 Å². The topological polar surface area (TPSA) is 63.4 Å². The number of halogens is 1. The molecular formula is C15H13ClN2O2. The van der Waals surface area contributed by atoms with Crippen LogP contribution in [0.15, 0.2) is 42.5 Å². The summed E-state index contributed by atoms with van der Waals surface area (Å²) in [4.78, 5) is 24.4. The molecule has 4 nitrogen and oxygen atoms in total. The van der Waals surface area contributed by atoms with E-state index in [2.05, 4.69) is 0 Å². The molecule has 0 aliphatic rings. The third kappa shape index (κ3) is 2.81. The van der Waals surface area contributed by atoms with E-state index in [1.807, 2.05) is 0 Å². The van der Waals surface area contributed by atoms with Crippen molar-refractivity contribution in [3.05, 3.63) is 58.6 Å². The molecule has 0 bridgehead atoms. The minimum Gasteiger partial charge on any atom is -0.399 e. The highest BCUT2D eigenvalue weighted by molar-refractivity contribution is 6.35. The van der Waals surface area contributed by atoms with Crippen molar-refractivity contribution in [1.29, 1.82) is 0 Å². The molecule has 0 aromatic heterocycles. The van der Waals surface area contributed by atoms with Gasteiger partial charge in [-0.15, -0.1) is 0 Å².